The monoisotopic (exact) mass is 824 g/mol. The van der Waals surface area contributed by atoms with Crippen LogP contribution >= 0.6 is 28.9 Å². The molecule has 1 unspecified atom stereocenters. The van der Waals surface area contributed by atoms with E-state index in [-0.39, 0.29) is 0 Å². The number of furan rings is 2. The summed E-state index contributed by atoms with van der Waals surface area (Å²) in [6.45, 7) is 2.39. The van der Waals surface area contributed by atoms with Crippen molar-refractivity contribution in [1.82, 2.24) is 9.13 Å². The Bertz CT molecular complexity index is 3210. The molecule has 0 radical (unpaired) electrons. The standard InChI is InChI=1S/C48H28N2O2.H2IP/c1-5-13-41-33(9-1)37-25-29(17-21-43(37)49(41)31-19-23-47-39(27-31)35-11-3-7-15-45(35)51-47)30-18-22-44-38(26-30)34-10-2-6-14-42(34)50(44)32-20-24-48-40(28-32)36-12-4-8-16-46(36)52-48;1-2/h1-28H;2H2. The van der Waals surface area contributed by atoms with E-state index < -0.39 is 0 Å². The molecule has 0 bridgehead atoms. The Kier molecular flexibility index (Phi) is 7.23. The zero-order valence-electron chi connectivity index (χ0n) is 28.8. The van der Waals surface area contributed by atoms with E-state index >= 15 is 0 Å². The molecule has 1 atom stereocenters. The summed E-state index contributed by atoms with van der Waals surface area (Å²) in [5.41, 5.74) is 13.0. The molecule has 54 heavy (non-hydrogen) atoms. The second-order valence-corrected chi connectivity index (χ2v) is 13.7. The maximum absolute atomic E-state index is 6.16. The molecule has 0 spiro atoms. The van der Waals surface area contributed by atoms with Gasteiger partial charge in [-0.1, -0.05) is 114 Å². The molecule has 0 saturated carbocycles. The van der Waals surface area contributed by atoms with Crippen molar-refractivity contribution < 1.29 is 8.83 Å². The highest BCUT2D eigenvalue weighted by Gasteiger charge is 2.18. The maximum atomic E-state index is 6.16. The minimum atomic E-state index is 0.903. The van der Waals surface area contributed by atoms with Gasteiger partial charge in [-0.25, -0.2) is 0 Å². The molecule has 0 saturated heterocycles. The van der Waals surface area contributed by atoms with Gasteiger partial charge in [-0.05, 0) is 96.1 Å². The van der Waals surface area contributed by atoms with Crippen molar-refractivity contribution >= 4 is 116 Å². The van der Waals surface area contributed by atoms with Crippen molar-refractivity contribution in [2.24, 2.45) is 0 Å². The van der Waals surface area contributed by atoms with E-state index in [1.165, 1.54) is 54.7 Å². The third kappa shape index (κ3) is 4.65. The average Bonchev–Trinajstić information content (AvgIpc) is 3.98. The Hall–Kier alpha value is -5.88. The molecule has 4 heterocycles. The zero-order chi connectivity index (χ0) is 35.9. The van der Waals surface area contributed by atoms with Crippen LogP contribution in [0.25, 0.3) is 110 Å². The van der Waals surface area contributed by atoms with E-state index in [9.17, 15) is 0 Å². The minimum absolute atomic E-state index is 0.903. The van der Waals surface area contributed by atoms with Crippen LogP contribution in [0, 0.1) is 0 Å². The number of hydrogen-bond acceptors (Lipinski definition) is 2. The fraction of sp³-hybridized carbons (Fsp3) is 0. The lowest BCUT2D eigenvalue weighted by Crippen LogP contribution is -1.93. The lowest BCUT2D eigenvalue weighted by Gasteiger charge is -2.10. The molecule has 0 N–H and O–H groups in total. The minimum Gasteiger partial charge on any atom is -0.456 e. The molecular formula is C48H30IN2O2P. The van der Waals surface area contributed by atoms with E-state index in [2.05, 4.69) is 184 Å². The molecule has 8 aromatic carbocycles. The molecular weight excluding hydrogens is 794 g/mol. The number of rotatable bonds is 3. The molecule has 0 fully saturated rings. The fourth-order valence-electron chi connectivity index (χ4n) is 8.57. The second-order valence-electron chi connectivity index (χ2n) is 13.7. The summed E-state index contributed by atoms with van der Waals surface area (Å²) in [5.74, 6) is 0. The predicted molar refractivity (Wildman–Crippen MR) is 239 cm³/mol. The van der Waals surface area contributed by atoms with Gasteiger partial charge < -0.3 is 18.0 Å². The van der Waals surface area contributed by atoms with Gasteiger partial charge in [0.25, 0.3) is 0 Å². The summed E-state index contributed by atoms with van der Waals surface area (Å²) >= 11 is 2.07. The largest absolute Gasteiger partial charge is 0.456 e. The van der Waals surface area contributed by atoms with Crippen molar-refractivity contribution in [3.8, 4) is 22.5 Å². The van der Waals surface area contributed by atoms with Crippen LogP contribution in [0.4, 0.5) is 0 Å². The zero-order valence-corrected chi connectivity index (χ0v) is 32.1. The molecule has 4 nitrogen and oxygen atoms in total. The van der Waals surface area contributed by atoms with E-state index in [1.807, 2.05) is 24.3 Å². The number of hydrogen-bond donors (Lipinski definition) is 0. The molecule has 0 aliphatic rings. The number of fused-ring (bicyclic) bond motifs is 12. The van der Waals surface area contributed by atoms with Gasteiger partial charge in [0.15, 0.2) is 0 Å². The van der Waals surface area contributed by atoms with Crippen molar-refractivity contribution in [2.45, 2.75) is 0 Å². The normalized spacial score (nSPS) is 11.9. The van der Waals surface area contributed by atoms with Crippen LogP contribution in [-0.4, -0.2) is 9.13 Å². The highest BCUT2D eigenvalue weighted by Crippen LogP contribution is 2.40. The van der Waals surface area contributed by atoms with E-state index in [4.69, 9.17) is 8.83 Å². The molecule has 0 aliphatic heterocycles. The summed E-state index contributed by atoms with van der Waals surface area (Å²) in [6.07, 6.45) is 0. The van der Waals surface area contributed by atoms with Crippen LogP contribution in [-0.2, 0) is 0 Å². The quantitative estimate of drug-likeness (QED) is 0.131. The van der Waals surface area contributed by atoms with Crippen LogP contribution in [0.3, 0.4) is 0 Å². The van der Waals surface area contributed by atoms with Crippen LogP contribution in [0.1, 0.15) is 0 Å². The Morgan fingerprint density at radius 2 is 0.685 bits per heavy atom. The number of aromatic nitrogens is 2. The number of benzene rings is 8. The van der Waals surface area contributed by atoms with E-state index in [0.29, 0.717) is 0 Å². The summed E-state index contributed by atoms with van der Waals surface area (Å²) < 4.78 is 17.1. The summed E-state index contributed by atoms with van der Waals surface area (Å²) in [6, 6.07) is 60.8. The van der Waals surface area contributed by atoms with Crippen LogP contribution in [0.2, 0.25) is 0 Å². The Morgan fingerprint density at radius 1 is 0.315 bits per heavy atom. The van der Waals surface area contributed by atoms with Gasteiger partial charge in [0.05, 0.1) is 22.1 Å². The Balaban J connectivity index is 0.00000168. The molecule has 4 aromatic heterocycles. The molecule has 0 aliphatic carbocycles. The van der Waals surface area contributed by atoms with Crippen molar-refractivity contribution in [1.29, 1.82) is 0 Å². The molecule has 12 rings (SSSR count). The van der Waals surface area contributed by atoms with Gasteiger partial charge in [-0.2, -0.15) is 0 Å². The molecule has 6 heteroatoms. The predicted octanol–water partition coefficient (Wildman–Crippen LogP) is 14.6. The van der Waals surface area contributed by atoms with Crippen molar-refractivity contribution in [3.05, 3.63) is 170 Å². The average molecular weight is 825 g/mol. The number of nitrogens with zero attached hydrogens (tertiary/aromatic N) is 2. The van der Waals surface area contributed by atoms with Gasteiger partial charge in [0.2, 0.25) is 0 Å². The Morgan fingerprint density at radius 3 is 1.15 bits per heavy atom. The topological polar surface area (TPSA) is 36.1 Å². The first-order chi connectivity index (χ1) is 26.8. The van der Waals surface area contributed by atoms with Crippen molar-refractivity contribution in [2.75, 3.05) is 0 Å². The first kappa shape index (κ1) is 31.6. The smallest absolute Gasteiger partial charge is 0.135 e. The lowest BCUT2D eigenvalue weighted by atomic mass is 10.0. The lowest BCUT2D eigenvalue weighted by molar-refractivity contribution is 0.668. The highest BCUT2D eigenvalue weighted by atomic mass is 127. The van der Waals surface area contributed by atoms with Gasteiger partial charge in [-0.15, -0.1) is 0 Å². The summed E-state index contributed by atoms with van der Waals surface area (Å²) in [4.78, 5) is 0. The molecule has 12 aromatic rings. The van der Waals surface area contributed by atoms with Crippen LogP contribution in [0.5, 0.6) is 0 Å². The fourth-order valence-corrected chi connectivity index (χ4v) is 8.57. The van der Waals surface area contributed by atoms with Crippen LogP contribution < -0.4 is 0 Å². The third-order valence-corrected chi connectivity index (χ3v) is 10.9. The number of halogens is 1. The highest BCUT2D eigenvalue weighted by molar-refractivity contribution is 14.2. The first-order valence-electron chi connectivity index (χ1n) is 17.9. The molecule has 0 amide bonds. The van der Waals surface area contributed by atoms with Gasteiger partial charge in [0.1, 0.15) is 22.3 Å². The first-order valence-corrected chi connectivity index (χ1v) is 22.1. The van der Waals surface area contributed by atoms with E-state index in [0.717, 1.165) is 55.3 Å². The second kappa shape index (κ2) is 12.3. The molecule has 256 valence electrons. The van der Waals surface area contributed by atoms with Gasteiger partial charge in [0, 0.05) is 54.5 Å². The van der Waals surface area contributed by atoms with Gasteiger partial charge >= 0.3 is 0 Å². The van der Waals surface area contributed by atoms with Crippen LogP contribution in [0.15, 0.2) is 179 Å². The Labute approximate surface area is 324 Å². The third-order valence-electron chi connectivity index (χ3n) is 10.9. The maximum Gasteiger partial charge on any atom is 0.135 e. The van der Waals surface area contributed by atoms with Crippen molar-refractivity contribution in [3.63, 3.8) is 0 Å². The summed E-state index contributed by atoms with van der Waals surface area (Å²) in [7, 11) is 0. The van der Waals surface area contributed by atoms with E-state index in [1.54, 1.807) is 0 Å². The summed E-state index contributed by atoms with van der Waals surface area (Å²) in [5, 5.41) is 9.45. The number of para-hydroxylation sites is 4. The SMILES string of the molecule is PI.c1ccc2c(c1)oc1ccc(-n3c4ccccc4c4cc(-c5ccc6c(c5)c5ccccc5n6-c5ccc6oc7ccccc7c6c5)ccc43)cc12. The van der Waals surface area contributed by atoms with Gasteiger partial charge in [-0.3, -0.25) is 0 Å².